The van der Waals surface area contributed by atoms with E-state index in [1.807, 2.05) is 0 Å². The highest BCUT2D eigenvalue weighted by molar-refractivity contribution is 7.99. The minimum atomic E-state index is -0.572. The number of hydrogen-bond donors (Lipinski definition) is 1. The lowest BCUT2D eigenvalue weighted by Crippen LogP contribution is -2.15. The van der Waals surface area contributed by atoms with Gasteiger partial charge in [0.2, 0.25) is 11.1 Å². The van der Waals surface area contributed by atoms with Gasteiger partial charge in [0.25, 0.3) is 5.69 Å². The standard InChI is InChI=1S/C15H11FN6O3S/c16-10-5-7-11(8-6-10)21-15(18-19-20-21)26-9-14(23)17-12-3-1-2-4-13(12)22(24)25/h1-8H,9H2,(H,17,23). The molecule has 0 fully saturated rings. The molecule has 0 aliphatic rings. The Kier molecular flexibility index (Phi) is 5.17. The number of carbonyl (C=O) groups excluding carboxylic acids is 1. The van der Waals surface area contributed by atoms with Gasteiger partial charge in [0, 0.05) is 6.07 Å². The Morgan fingerprint density at radius 1 is 1.23 bits per heavy atom. The molecule has 1 heterocycles. The van der Waals surface area contributed by atoms with Crippen molar-refractivity contribution in [2.45, 2.75) is 5.16 Å². The monoisotopic (exact) mass is 374 g/mol. The summed E-state index contributed by atoms with van der Waals surface area (Å²) in [6, 6.07) is 11.4. The van der Waals surface area contributed by atoms with Gasteiger partial charge in [-0.15, -0.1) is 5.10 Å². The predicted octanol–water partition coefficient (Wildman–Crippen LogP) is 2.44. The zero-order valence-electron chi connectivity index (χ0n) is 13.1. The molecule has 0 unspecified atom stereocenters. The average Bonchev–Trinajstić information content (AvgIpc) is 3.09. The van der Waals surface area contributed by atoms with Crippen LogP contribution >= 0.6 is 11.8 Å². The predicted molar refractivity (Wildman–Crippen MR) is 91.6 cm³/mol. The fourth-order valence-electron chi connectivity index (χ4n) is 2.07. The van der Waals surface area contributed by atoms with Crippen molar-refractivity contribution >= 4 is 29.0 Å². The second-order valence-electron chi connectivity index (χ2n) is 4.96. The van der Waals surface area contributed by atoms with E-state index < -0.39 is 10.8 Å². The topological polar surface area (TPSA) is 116 Å². The van der Waals surface area contributed by atoms with Gasteiger partial charge in [-0.3, -0.25) is 14.9 Å². The van der Waals surface area contributed by atoms with Crippen molar-refractivity contribution in [3.8, 4) is 5.69 Å². The molecule has 0 atom stereocenters. The van der Waals surface area contributed by atoms with Crippen molar-refractivity contribution in [3.05, 3.63) is 64.5 Å². The first-order valence-corrected chi connectivity index (χ1v) is 8.23. The van der Waals surface area contributed by atoms with E-state index in [-0.39, 0.29) is 22.9 Å². The Bertz CT molecular complexity index is 947. The van der Waals surface area contributed by atoms with Crippen molar-refractivity contribution in [1.29, 1.82) is 0 Å². The molecule has 0 aliphatic heterocycles. The van der Waals surface area contributed by atoms with Crippen molar-refractivity contribution < 1.29 is 14.1 Å². The van der Waals surface area contributed by atoms with Gasteiger partial charge >= 0.3 is 0 Å². The van der Waals surface area contributed by atoms with Crippen LogP contribution in [0.15, 0.2) is 53.7 Å². The van der Waals surface area contributed by atoms with Gasteiger partial charge in [0.15, 0.2) is 0 Å². The number of nitro benzene ring substituents is 1. The summed E-state index contributed by atoms with van der Waals surface area (Å²) < 4.78 is 14.4. The molecule has 3 rings (SSSR count). The Morgan fingerprint density at radius 3 is 2.69 bits per heavy atom. The minimum Gasteiger partial charge on any atom is -0.320 e. The molecule has 0 spiro atoms. The Morgan fingerprint density at radius 2 is 1.96 bits per heavy atom. The van der Waals surface area contributed by atoms with Crippen LogP contribution in [0.4, 0.5) is 15.8 Å². The van der Waals surface area contributed by atoms with Gasteiger partial charge < -0.3 is 5.32 Å². The van der Waals surface area contributed by atoms with Crippen LogP contribution in [0.25, 0.3) is 5.69 Å². The van der Waals surface area contributed by atoms with E-state index in [4.69, 9.17) is 0 Å². The first kappa shape index (κ1) is 17.5. The summed E-state index contributed by atoms with van der Waals surface area (Å²) in [5.74, 6) is -0.897. The third-order valence-electron chi connectivity index (χ3n) is 3.22. The van der Waals surface area contributed by atoms with Gasteiger partial charge in [0.05, 0.1) is 16.4 Å². The molecule has 11 heteroatoms. The molecular formula is C15H11FN6O3S. The molecule has 1 N–H and O–H groups in total. The molecule has 9 nitrogen and oxygen atoms in total. The summed E-state index contributed by atoms with van der Waals surface area (Å²) in [5.41, 5.74) is 0.459. The lowest BCUT2D eigenvalue weighted by atomic mass is 10.2. The molecule has 0 bridgehead atoms. The van der Waals surface area contributed by atoms with E-state index >= 15 is 0 Å². The number of aromatic nitrogens is 4. The number of rotatable bonds is 6. The summed E-state index contributed by atoms with van der Waals surface area (Å²) in [4.78, 5) is 22.5. The van der Waals surface area contributed by atoms with E-state index in [0.717, 1.165) is 11.8 Å². The molecule has 2 aromatic carbocycles. The Balaban J connectivity index is 1.67. The van der Waals surface area contributed by atoms with E-state index in [9.17, 15) is 19.3 Å². The van der Waals surface area contributed by atoms with Gasteiger partial charge in [-0.2, -0.15) is 4.68 Å². The zero-order chi connectivity index (χ0) is 18.5. The maximum atomic E-state index is 13.0. The molecule has 3 aromatic rings. The van der Waals surface area contributed by atoms with Crippen molar-refractivity contribution in [2.24, 2.45) is 0 Å². The van der Waals surface area contributed by atoms with Crippen LogP contribution in [0.2, 0.25) is 0 Å². The number of carbonyl (C=O) groups is 1. The second-order valence-corrected chi connectivity index (χ2v) is 5.90. The van der Waals surface area contributed by atoms with Gasteiger partial charge in [0.1, 0.15) is 11.5 Å². The summed E-state index contributed by atoms with van der Waals surface area (Å²) >= 11 is 1.05. The van der Waals surface area contributed by atoms with Crippen molar-refractivity contribution in [3.63, 3.8) is 0 Å². The molecule has 26 heavy (non-hydrogen) atoms. The van der Waals surface area contributed by atoms with Crippen molar-refractivity contribution in [1.82, 2.24) is 20.2 Å². The lowest BCUT2D eigenvalue weighted by molar-refractivity contribution is -0.383. The zero-order valence-corrected chi connectivity index (χ0v) is 13.9. The quantitative estimate of drug-likeness (QED) is 0.400. The van der Waals surface area contributed by atoms with Crippen LogP contribution in [-0.4, -0.2) is 36.8 Å². The van der Waals surface area contributed by atoms with Gasteiger partial charge in [-0.1, -0.05) is 23.9 Å². The third kappa shape index (κ3) is 4.00. The van der Waals surface area contributed by atoms with Gasteiger partial charge in [-0.25, -0.2) is 4.39 Å². The van der Waals surface area contributed by atoms with Crippen LogP contribution in [0.3, 0.4) is 0 Å². The number of nitrogens with zero attached hydrogens (tertiary/aromatic N) is 5. The average molecular weight is 374 g/mol. The highest BCUT2D eigenvalue weighted by Gasteiger charge is 2.16. The van der Waals surface area contributed by atoms with E-state index in [2.05, 4.69) is 20.8 Å². The van der Waals surface area contributed by atoms with Crippen LogP contribution in [0, 0.1) is 15.9 Å². The first-order valence-electron chi connectivity index (χ1n) is 7.25. The Hall–Kier alpha value is -3.34. The number of para-hydroxylation sites is 2. The highest BCUT2D eigenvalue weighted by atomic mass is 32.2. The SMILES string of the molecule is O=C(CSc1nnnn1-c1ccc(F)cc1)Nc1ccccc1[N+](=O)[O-]. The lowest BCUT2D eigenvalue weighted by Gasteiger charge is -2.06. The summed E-state index contributed by atoms with van der Waals surface area (Å²) in [6.45, 7) is 0. The number of amides is 1. The van der Waals surface area contributed by atoms with E-state index in [1.54, 1.807) is 6.07 Å². The number of benzene rings is 2. The fraction of sp³-hybridized carbons (Fsp3) is 0.0667. The summed E-state index contributed by atoms with van der Waals surface area (Å²) in [6.07, 6.45) is 0. The normalized spacial score (nSPS) is 10.5. The summed E-state index contributed by atoms with van der Waals surface area (Å²) in [7, 11) is 0. The highest BCUT2D eigenvalue weighted by Crippen LogP contribution is 2.24. The molecule has 1 amide bonds. The van der Waals surface area contributed by atoms with Crippen molar-refractivity contribution in [2.75, 3.05) is 11.1 Å². The van der Waals surface area contributed by atoms with E-state index in [0.29, 0.717) is 10.8 Å². The molecule has 1 aromatic heterocycles. The van der Waals surface area contributed by atoms with Crippen LogP contribution in [0.5, 0.6) is 0 Å². The number of nitrogens with one attached hydrogen (secondary N) is 1. The molecule has 0 saturated carbocycles. The number of halogens is 1. The number of tetrazole rings is 1. The van der Waals surface area contributed by atoms with Gasteiger partial charge in [-0.05, 0) is 40.8 Å². The van der Waals surface area contributed by atoms with Crippen LogP contribution in [-0.2, 0) is 4.79 Å². The number of hydrogen-bond acceptors (Lipinski definition) is 7. The molecule has 0 saturated heterocycles. The second kappa shape index (κ2) is 7.70. The maximum Gasteiger partial charge on any atom is 0.292 e. The van der Waals surface area contributed by atoms with Crippen LogP contribution < -0.4 is 5.32 Å². The first-order chi connectivity index (χ1) is 12.5. The van der Waals surface area contributed by atoms with Crippen LogP contribution in [0.1, 0.15) is 0 Å². The third-order valence-corrected chi connectivity index (χ3v) is 4.14. The fourth-order valence-corrected chi connectivity index (χ4v) is 2.76. The number of anilines is 1. The number of nitro groups is 1. The molecule has 0 aliphatic carbocycles. The molecule has 0 radical (unpaired) electrons. The minimum absolute atomic E-state index is 0.0619. The number of thioether (sulfide) groups is 1. The Labute approximate surface area is 150 Å². The molecule has 132 valence electrons. The molecular weight excluding hydrogens is 363 g/mol. The maximum absolute atomic E-state index is 13.0. The largest absolute Gasteiger partial charge is 0.320 e. The summed E-state index contributed by atoms with van der Waals surface area (Å²) in [5, 5.41) is 25.0. The van der Waals surface area contributed by atoms with E-state index in [1.165, 1.54) is 47.1 Å². The smallest absolute Gasteiger partial charge is 0.292 e.